The molecule has 0 atom stereocenters. The van der Waals surface area contributed by atoms with Gasteiger partial charge < -0.3 is 9.80 Å². The third-order valence-electron chi connectivity index (χ3n) is 12.2. The topological polar surface area (TPSA) is 58.0 Å². The smallest absolute Gasteiger partial charge is 0.129 e. The zero-order valence-corrected chi connectivity index (χ0v) is 36.2. The lowest BCUT2D eigenvalue weighted by Crippen LogP contribution is -2.11. The highest BCUT2D eigenvalue weighted by molar-refractivity contribution is 6.14. The van der Waals surface area contributed by atoms with Crippen molar-refractivity contribution < 1.29 is 0 Å². The maximum atomic E-state index is 5.47. The van der Waals surface area contributed by atoms with Crippen LogP contribution >= 0.6 is 0 Å². The minimum absolute atomic E-state index is 0.869. The lowest BCUT2D eigenvalue weighted by atomic mass is 9.94. The van der Waals surface area contributed by atoms with Crippen molar-refractivity contribution in [2.45, 2.75) is 0 Å². The molecule has 0 N–H and O–H groups in total. The van der Waals surface area contributed by atoms with Crippen LogP contribution in [0.25, 0.3) is 111 Å². The fourth-order valence-corrected chi connectivity index (χ4v) is 8.92. The monoisotopic (exact) mass is 824 g/mol. The highest BCUT2D eigenvalue weighted by Crippen LogP contribution is 2.41. The highest BCUT2D eigenvalue weighted by atomic mass is 15.1. The van der Waals surface area contributed by atoms with Crippen LogP contribution in [-0.2, 0) is 0 Å². The van der Waals surface area contributed by atoms with Gasteiger partial charge in [-0.1, -0.05) is 170 Å². The average Bonchev–Trinajstić information content (AvgIpc) is 3.35. The Balaban J connectivity index is 1.11. The van der Waals surface area contributed by atoms with Crippen molar-refractivity contribution in [2.75, 3.05) is 38.0 Å². The third-order valence-corrected chi connectivity index (χ3v) is 12.2. The molecule has 0 aliphatic heterocycles. The summed E-state index contributed by atoms with van der Waals surface area (Å²) in [5.74, 6) is 1.76. The van der Waals surface area contributed by atoms with Crippen molar-refractivity contribution >= 4 is 55.2 Å². The van der Waals surface area contributed by atoms with Gasteiger partial charge in [-0.3, -0.25) is 0 Å². The van der Waals surface area contributed by atoms with E-state index in [0.29, 0.717) is 0 Å². The molecule has 0 aliphatic carbocycles. The number of hydrogen-bond acceptors (Lipinski definition) is 6. The summed E-state index contributed by atoms with van der Waals surface area (Å²) >= 11 is 0. The van der Waals surface area contributed by atoms with Gasteiger partial charge in [0, 0.05) is 60.9 Å². The number of anilines is 2. The van der Waals surface area contributed by atoms with E-state index in [0.717, 1.165) is 122 Å². The molecular formula is C58H44N6. The van der Waals surface area contributed by atoms with Crippen LogP contribution in [0.1, 0.15) is 0 Å². The van der Waals surface area contributed by atoms with Gasteiger partial charge in [-0.05, 0) is 68.8 Å². The van der Waals surface area contributed by atoms with E-state index in [4.69, 9.17) is 19.9 Å². The van der Waals surface area contributed by atoms with Gasteiger partial charge in [-0.25, -0.2) is 19.9 Å². The van der Waals surface area contributed by atoms with Crippen LogP contribution < -0.4 is 9.80 Å². The van der Waals surface area contributed by atoms with Crippen molar-refractivity contribution in [3.63, 3.8) is 0 Å². The van der Waals surface area contributed by atoms with Crippen LogP contribution in [0, 0.1) is 0 Å². The van der Waals surface area contributed by atoms with Gasteiger partial charge in [0.05, 0.1) is 33.5 Å². The van der Waals surface area contributed by atoms with Gasteiger partial charge in [0.15, 0.2) is 0 Å². The Kier molecular flexibility index (Phi) is 9.62. The third kappa shape index (κ3) is 6.86. The van der Waals surface area contributed by atoms with E-state index in [1.165, 1.54) is 0 Å². The van der Waals surface area contributed by atoms with Crippen molar-refractivity contribution in [3.05, 3.63) is 194 Å². The zero-order valence-electron chi connectivity index (χ0n) is 36.2. The van der Waals surface area contributed by atoms with Gasteiger partial charge >= 0.3 is 0 Å². The van der Waals surface area contributed by atoms with Crippen molar-refractivity contribution in [1.29, 1.82) is 0 Å². The SMILES string of the molecule is CN(C)c1cc(-c2ccccc2)c2ccc3c(-c4ccccc4)cc(-c4ccc(-c5cc(-c6ccccc6)c6ccc7c(-c8ccccc8)cc(N(C)C)nc7c6n5)cc4)nc3c2n1. The van der Waals surface area contributed by atoms with Crippen molar-refractivity contribution in [3.8, 4) is 67.0 Å². The molecule has 0 bridgehead atoms. The quantitative estimate of drug-likeness (QED) is 0.142. The molecule has 0 unspecified atom stereocenters. The first kappa shape index (κ1) is 38.7. The fourth-order valence-electron chi connectivity index (χ4n) is 8.92. The first-order valence-corrected chi connectivity index (χ1v) is 21.6. The van der Waals surface area contributed by atoms with E-state index in [2.05, 4.69) is 204 Å². The summed E-state index contributed by atoms with van der Waals surface area (Å²) in [5, 5.41) is 4.25. The Morgan fingerprint density at radius 3 is 0.812 bits per heavy atom. The minimum atomic E-state index is 0.869. The van der Waals surface area contributed by atoms with Crippen molar-refractivity contribution in [1.82, 2.24) is 19.9 Å². The van der Waals surface area contributed by atoms with Gasteiger partial charge in [0.1, 0.15) is 11.6 Å². The van der Waals surface area contributed by atoms with E-state index >= 15 is 0 Å². The van der Waals surface area contributed by atoms with Gasteiger partial charge in [0.2, 0.25) is 0 Å². The Labute approximate surface area is 372 Å². The molecule has 11 rings (SSSR count). The second-order valence-electron chi connectivity index (χ2n) is 16.7. The van der Waals surface area contributed by atoms with Crippen LogP contribution in [0.4, 0.5) is 11.6 Å². The first-order valence-electron chi connectivity index (χ1n) is 21.6. The number of fused-ring (bicyclic) bond motifs is 6. The standard InChI is InChI=1S/C58H44N6/c1-63(2)53-35-49(39-21-13-7-14-22-39)45-31-29-43-47(37-17-9-5-10-18-37)33-51(59-55(43)57(45)61-53)41-25-27-42(28-26-41)52-34-48(38-19-11-6-12-20-38)44-30-32-46-50(40-23-15-8-16-24-40)36-54(64(3)4)62-58(46)56(44)60-52/h5-36H,1-4H3. The Morgan fingerprint density at radius 2 is 0.531 bits per heavy atom. The predicted molar refractivity (Wildman–Crippen MR) is 269 cm³/mol. The molecule has 0 aliphatic rings. The molecule has 0 saturated heterocycles. The summed E-state index contributed by atoms with van der Waals surface area (Å²) in [4.78, 5) is 25.6. The summed E-state index contributed by atoms with van der Waals surface area (Å²) in [5.41, 5.74) is 16.3. The molecule has 0 spiro atoms. The normalized spacial score (nSPS) is 11.4. The molecule has 0 radical (unpaired) electrons. The maximum absolute atomic E-state index is 5.47. The lowest BCUT2D eigenvalue weighted by molar-refractivity contribution is 1.08. The molecule has 6 nitrogen and oxygen atoms in total. The maximum Gasteiger partial charge on any atom is 0.129 e. The highest BCUT2D eigenvalue weighted by Gasteiger charge is 2.20. The number of benzene rings is 7. The summed E-state index contributed by atoms with van der Waals surface area (Å²) in [6.07, 6.45) is 0. The van der Waals surface area contributed by atoms with E-state index in [1.54, 1.807) is 0 Å². The number of nitrogens with zero attached hydrogens (tertiary/aromatic N) is 6. The van der Waals surface area contributed by atoms with Gasteiger partial charge in [-0.15, -0.1) is 0 Å². The van der Waals surface area contributed by atoms with Crippen LogP contribution in [-0.4, -0.2) is 48.1 Å². The second-order valence-corrected chi connectivity index (χ2v) is 16.7. The predicted octanol–water partition coefficient (Wildman–Crippen LogP) is 14.0. The first-order chi connectivity index (χ1) is 31.4. The molecule has 4 aromatic heterocycles. The molecule has 0 amide bonds. The fraction of sp³-hybridized carbons (Fsp3) is 0.0690. The average molecular weight is 825 g/mol. The molecular weight excluding hydrogens is 781 g/mol. The summed E-state index contributed by atoms with van der Waals surface area (Å²) < 4.78 is 0. The van der Waals surface area contributed by atoms with E-state index < -0.39 is 0 Å². The van der Waals surface area contributed by atoms with Crippen LogP contribution in [0.15, 0.2) is 194 Å². The van der Waals surface area contributed by atoms with Crippen LogP contribution in [0.2, 0.25) is 0 Å². The molecule has 4 heterocycles. The molecule has 0 fully saturated rings. The lowest BCUT2D eigenvalue weighted by Gasteiger charge is -2.18. The van der Waals surface area contributed by atoms with Gasteiger partial charge in [-0.2, -0.15) is 0 Å². The molecule has 306 valence electrons. The Bertz CT molecular complexity index is 3280. The largest absolute Gasteiger partial charge is 0.363 e. The minimum Gasteiger partial charge on any atom is -0.363 e. The van der Waals surface area contributed by atoms with E-state index in [9.17, 15) is 0 Å². The van der Waals surface area contributed by atoms with Crippen LogP contribution in [0.5, 0.6) is 0 Å². The second kappa shape index (κ2) is 15.9. The van der Waals surface area contributed by atoms with Gasteiger partial charge in [0.25, 0.3) is 0 Å². The Hall–Kier alpha value is -8.22. The number of pyridine rings is 4. The molecule has 11 aromatic rings. The van der Waals surface area contributed by atoms with E-state index in [1.807, 2.05) is 28.2 Å². The summed E-state index contributed by atoms with van der Waals surface area (Å²) in [6.45, 7) is 0. The Morgan fingerprint density at radius 1 is 0.266 bits per heavy atom. The number of aromatic nitrogens is 4. The van der Waals surface area contributed by atoms with E-state index in [-0.39, 0.29) is 0 Å². The summed E-state index contributed by atoms with van der Waals surface area (Å²) in [7, 11) is 8.16. The van der Waals surface area contributed by atoms with Crippen molar-refractivity contribution in [2.24, 2.45) is 0 Å². The molecule has 0 saturated carbocycles. The molecule has 6 heteroatoms. The molecule has 64 heavy (non-hydrogen) atoms. The van der Waals surface area contributed by atoms with Crippen LogP contribution in [0.3, 0.4) is 0 Å². The number of rotatable bonds is 8. The number of hydrogen-bond donors (Lipinski definition) is 0. The zero-order chi connectivity index (χ0) is 43.3. The molecule has 7 aromatic carbocycles. The summed E-state index contributed by atoms with van der Waals surface area (Å²) in [6, 6.07) is 68.6.